The van der Waals surface area contributed by atoms with E-state index in [4.69, 9.17) is 10.1 Å². The van der Waals surface area contributed by atoms with Gasteiger partial charge >= 0.3 is 5.97 Å². The first kappa shape index (κ1) is 21.6. The Balaban J connectivity index is 1.74. The van der Waals surface area contributed by atoms with Gasteiger partial charge in [-0.2, -0.15) is 0 Å². The van der Waals surface area contributed by atoms with E-state index < -0.39 is 5.97 Å². The zero-order valence-corrected chi connectivity index (χ0v) is 17.7. The van der Waals surface area contributed by atoms with Crippen molar-refractivity contribution < 1.29 is 14.7 Å². The van der Waals surface area contributed by atoms with E-state index >= 15 is 0 Å². The molecule has 1 saturated heterocycles. The highest BCUT2D eigenvalue weighted by Gasteiger charge is 2.25. The highest BCUT2D eigenvalue weighted by molar-refractivity contribution is 5.95. The van der Waals surface area contributed by atoms with Crippen LogP contribution in [0.15, 0.2) is 12.1 Å². The minimum atomic E-state index is -0.733. The molecule has 6 nitrogen and oxygen atoms in total. The first-order valence-electron chi connectivity index (χ1n) is 11.3. The van der Waals surface area contributed by atoms with Crippen molar-refractivity contribution in [3.8, 4) is 0 Å². The number of aromatic nitrogens is 1. The Morgan fingerprint density at radius 1 is 1.17 bits per heavy atom. The predicted octanol–water partition coefficient (Wildman–Crippen LogP) is 4.18. The molecule has 0 spiro atoms. The second-order valence-corrected chi connectivity index (χ2v) is 8.63. The molecule has 2 N–H and O–H groups in total. The van der Waals surface area contributed by atoms with Gasteiger partial charge in [0.05, 0.1) is 11.3 Å². The van der Waals surface area contributed by atoms with Crippen LogP contribution in [0.5, 0.6) is 0 Å². The van der Waals surface area contributed by atoms with Gasteiger partial charge in [-0.3, -0.25) is 9.59 Å². The molecule has 1 aliphatic heterocycles. The molecule has 0 aromatic carbocycles. The number of unbranched alkanes of at least 4 members (excludes halogenated alkanes) is 1. The Bertz CT molecular complexity index is 701. The number of hydrogen-bond donors (Lipinski definition) is 2. The lowest BCUT2D eigenvalue weighted by molar-refractivity contribution is -0.138. The van der Waals surface area contributed by atoms with Crippen LogP contribution < -0.4 is 10.2 Å². The van der Waals surface area contributed by atoms with Crippen LogP contribution in [0.4, 0.5) is 5.82 Å². The lowest BCUT2D eigenvalue weighted by Gasteiger charge is -2.33. The number of aliphatic carboxylic acids is 1. The molecule has 1 saturated carbocycles. The second kappa shape index (κ2) is 10.6. The Kier molecular flexibility index (Phi) is 7.90. The fourth-order valence-corrected chi connectivity index (χ4v) is 4.60. The molecular formula is C23H35N3O3. The van der Waals surface area contributed by atoms with E-state index in [1.165, 1.54) is 19.3 Å². The topological polar surface area (TPSA) is 82.5 Å². The number of rotatable bonds is 8. The Morgan fingerprint density at radius 3 is 2.69 bits per heavy atom. The molecule has 3 rings (SSSR count). The van der Waals surface area contributed by atoms with Crippen LogP contribution in [0.1, 0.15) is 87.2 Å². The first-order valence-corrected chi connectivity index (χ1v) is 11.3. The maximum absolute atomic E-state index is 12.9. The standard InChI is InChI=1S/C23H35N3O3/c1-2-3-11-20-19(23(29)24-18-9-5-4-6-10-18)12-13-21(25-20)26-14-7-8-17(16-26)15-22(27)28/h12-13,17-18H,2-11,14-16H2,1H3,(H,24,29)(H,27,28)/t17-/m0/s1. The molecule has 160 valence electrons. The molecule has 0 bridgehead atoms. The number of pyridine rings is 1. The van der Waals surface area contributed by atoms with E-state index in [0.717, 1.165) is 69.5 Å². The number of carboxylic acids is 1. The third kappa shape index (κ3) is 6.18. The van der Waals surface area contributed by atoms with Crippen LogP contribution in [-0.2, 0) is 11.2 Å². The summed E-state index contributed by atoms with van der Waals surface area (Å²) >= 11 is 0. The van der Waals surface area contributed by atoms with Crippen molar-refractivity contribution >= 4 is 17.7 Å². The van der Waals surface area contributed by atoms with Crippen molar-refractivity contribution in [1.29, 1.82) is 0 Å². The average Bonchev–Trinajstić information content (AvgIpc) is 2.72. The summed E-state index contributed by atoms with van der Waals surface area (Å²) in [5, 5.41) is 12.3. The normalized spacial score (nSPS) is 20.4. The quantitative estimate of drug-likeness (QED) is 0.683. The largest absolute Gasteiger partial charge is 0.481 e. The summed E-state index contributed by atoms with van der Waals surface area (Å²) in [6, 6.07) is 4.15. The molecule has 0 unspecified atom stereocenters. The van der Waals surface area contributed by atoms with Gasteiger partial charge in [0.25, 0.3) is 5.91 Å². The SMILES string of the molecule is CCCCc1nc(N2CCC[C@@H](CC(=O)O)C2)ccc1C(=O)NC1CCCCC1. The number of amides is 1. The van der Waals surface area contributed by atoms with Crippen molar-refractivity contribution in [2.45, 2.75) is 83.6 Å². The van der Waals surface area contributed by atoms with E-state index in [1.54, 1.807) is 0 Å². The summed E-state index contributed by atoms with van der Waals surface area (Å²) in [5.74, 6) is 0.310. The van der Waals surface area contributed by atoms with Gasteiger partial charge in [0, 0.05) is 25.6 Å². The van der Waals surface area contributed by atoms with E-state index in [0.29, 0.717) is 5.56 Å². The maximum Gasteiger partial charge on any atom is 0.303 e. The number of carbonyl (C=O) groups excluding carboxylic acids is 1. The van der Waals surface area contributed by atoms with E-state index in [9.17, 15) is 9.59 Å². The van der Waals surface area contributed by atoms with Crippen molar-refractivity contribution in [2.75, 3.05) is 18.0 Å². The smallest absolute Gasteiger partial charge is 0.303 e. The number of anilines is 1. The molecule has 0 radical (unpaired) electrons. The van der Waals surface area contributed by atoms with E-state index in [1.807, 2.05) is 12.1 Å². The number of carbonyl (C=O) groups is 2. The van der Waals surface area contributed by atoms with Crippen molar-refractivity contribution in [2.24, 2.45) is 5.92 Å². The molecule has 1 atom stereocenters. The summed E-state index contributed by atoms with van der Waals surface area (Å²) in [5.41, 5.74) is 1.57. The second-order valence-electron chi connectivity index (χ2n) is 8.63. The number of hydrogen-bond acceptors (Lipinski definition) is 4. The minimum absolute atomic E-state index is 0.00412. The van der Waals surface area contributed by atoms with E-state index in [2.05, 4.69) is 17.1 Å². The van der Waals surface area contributed by atoms with Gasteiger partial charge in [-0.15, -0.1) is 0 Å². The third-order valence-electron chi connectivity index (χ3n) is 6.22. The molecule has 29 heavy (non-hydrogen) atoms. The third-order valence-corrected chi connectivity index (χ3v) is 6.22. The summed E-state index contributed by atoms with van der Waals surface area (Å²) in [6.07, 6.45) is 10.8. The van der Waals surface area contributed by atoms with Crippen LogP contribution in [0.3, 0.4) is 0 Å². The molecule has 1 aromatic heterocycles. The Labute approximate surface area is 174 Å². The maximum atomic E-state index is 12.9. The molecule has 2 aliphatic rings. The molecule has 6 heteroatoms. The molecule has 1 amide bonds. The van der Waals surface area contributed by atoms with Gasteiger partial charge in [0.2, 0.25) is 0 Å². The Morgan fingerprint density at radius 2 is 1.97 bits per heavy atom. The lowest BCUT2D eigenvalue weighted by Crippen LogP contribution is -2.38. The monoisotopic (exact) mass is 401 g/mol. The van der Waals surface area contributed by atoms with Gasteiger partial charge < -0.3 is 15.3 Å². The first-order chi connectivity index (χ1) is 14.1. The highest BCUT2D eigenvalue weighted by atomic mass is 16.4. The minimum Gasteiger partial charge on any atom is -0.481 e. The molecule has 2 fully saturated rings. The summed E-state index contributed by atoms with van der Waals surface area (Å²) in [6.45, 7) is 3.76. The zero-order valence-electron chi connectivity index (χ0n) is 17.7. The molecular weight excluding hydrogens is 366 g/mol. The van der Waals surface area contributed by atoms with Crippen LogP contribution in [0.2, 0.25) is 0 Å². The number of nitrogens with one attached hydrogen (secondary N) is 1. The fraction of sp³-hybridized carbons (Fsp3) is 0.696. The van der Waals surface area contributed by atoms with Crippen molar-refractivity contribution in [3.05, 3.63) is 23.4 Å². The number of carboxylic acid groups (broad SMARTS) is 1. The van der Waals surface area contributed by atoms with Crippen molar-refractivity contribution in [1.82, 2.24) is 10.3 Å². The fourth-order valence-electron chi connectivity index (χ4n) is 4.60. The lowest BCUT2D eigenvalue weighted by atomic mass is 9.94. The van der Waals surface area contributed by atoms with Crippen molar-refractivity contribution in [3.63, 3.8) is 0 Å². The van der Waals surface area contributed by atoms with Gasteiger partial charge in [0.1, 0.15) is 5.82 Å². The molecule has 2 heterocycles. The van der Waals surface area contributed by atoms with Crippen LogP contribution >= 0.6 is 0 Å². The predicted molar refractivity (Wildman–Crippen MR) is 114 cm³/mol. The van der Waals surface area contributed by atoms with Gasteiger partial charge in [-0.05, 0) is 56.6 Å². The van der Waals surface area contributed by atoms with Gasteiger partial charge in [-0.1, -0.05) is 32.6 Å². The zero-order chi connectivity index (χ0) is 20.6. The van der Waals surface area contributed by atoms with Crippen LogP contribution in [0.25, 0.3) is 0 Å². The summed E-state index contributed by atoms with van der Waals surface area (Å²) in [4.78, 5) is 31.1. The molecule has 1 aliphatic carbocycles. The number of nitrogens with zero attached hydrogens (tertiary/aromatic N) is 2. The van der Waals surface area contributed by atoms with Crippen LogP contribution in [-0.4, -0.2) is 41.1 Å². The Hall–Kier alpha value is -2.11. The van der Waals surface area contributed by atoms with Gasteiger partial charge in [-0.25, -0.2) is 4.98 Å². The molecule has 1 aromatic rings. The number of piperidine rings is 1. The average molecular weight is 402 g/mol. The van der Waals surface area contributed by atoms with Crippen LogP contribution in [0, 0.1) is 5.92 Å². The van der Waals surface area contributed by atoms with E-state index in [-0.39, 0.29) is 24.3 Å². The summed E-state index contributed by atoms with van der Waals surface area (Å²) < 4.78 is 0. The number of aryl methyl sites for hydroxylation is 1. The summed E-state index contributed by atoms with van der Waals surface area (Å²) in [7, 11) is 0. The highest BCUT2D eigenvalue weighted by Crippen LogP contribution is 2.26. The van der Waals surface area contributed by atoms with Gasteiger partial charge in [0.15, 0.2) is 0 Å².